The molecule has 0 aliphatic rings. The maximum Gasteiger partial charge on any atom is 0.134 e. The van der Waals surface area contributed by atoms with Crippen molar-refractivity contribution in [2.24, 2.45) is 11.8 Å². The van der Waals surface area contributed by atoms with E-state index in [1.165, 1.54) is 0 Å². The molecule has 0 N–H and O–H groups in total. The molecular formula is C10H16O. The Morgan fingerprint density at radius 2 is 2.00 bits per heavy atom. The van der Waals surface area contributed by atoms with Crippen molar-refractivity contribution in [3.8, 4) is 11.8 Å². The largest absolute Gasteiger partial charge is 0.300 e. The number of hydrogen-bond donors (Lipinski definition) is 0. The summed E-state index contributed by atoms with van der Waals surface area (Å²) in [6.07, 6.45) is 0.712. The lowest BCUT2D eigenvalue weighted by Gasteiger charge is -2.13. The van der Waals surface area contributed by atoms with Crippen molar-refractivity contribution in [1.29, 1.82) is 0 Å². The Morgan fingerprint density at radius 1 is 1.45 bits per heavy atom. The van der Waals surface area contributed by atoms with Crippen LogP contribution in [0.15, 0.2) is 0 Å². The van der Waals surface area contributed by atoms with Crippen LogP contribution in [-0.2, 0) is 4.79 Å². The third-order valence-corrected chi connectivity index (χ3v) is 1.83. The fourth-order valence-electron chi connectivity index (χ4n) is 1.06. The maximum atomic E-state index is 11.0. The van der Waals surface area contributed by atoms with Gasteiger partial charge in [-0.1, -0.05) is 13.8 Å². The average molecular weight is 152 g/mol. The summed E-state index contributed by atoms with van der Waals surface area (Å²) in [6, 6.07) is 0. The minimum absolute atomic E-state index is 0.127. The van der Waals surface area contributed by atoms with Gasteiger partial charge >= 0.3 is 0 Å². The molecule has 0 saturated carbocycles. The van der Waals surface area contributed by atoms with Crippen molar-refractivity contribution in [2.45, 2.75) is 34.1 Å². The van der Waals surface area contributed by atoms with E-state index in [-0.39, 0.29) is 11.7 Å². The summed E-state index contributed by atoms with van der Waals surface area (Å²) in [7, 11) is 0. The Morgan fingerprint density at radius 3 is 2.27 bits per heavy atom. The molecular weight excluding hydrogens is 136 g/mol. The van der Waals surface area contributed by atoms with Crippen molar-refractivity contribution in [2.75, 3.05) is 0 Å². The van der Waals surface area contributed by atoms with Crippen LogP contribution in [0.1, 0.15) is 34.1 Å². The van der Waals surface area contributed by atoms with Gasteiger partial charge in [0.1, 0.15) is 5.78 Å². The number of carbonyl (C=O) groups excluding carboxylic acids is 1. The average Bonchev–Trinajstić information content (AvgIpc) is 1.87. The highest BCUT2D eigenvalue weighted by Crippen LogP contribution is 2.15. The molecule has 11 heavy (non-hydrogen) atoms. The second-order valence-corrected chi connectivity index (χ2v) is 3.09. The van der Waals surface area contributed by atoms with Crippen molar-refractivity contribution in [3.05, 3.63) is 0 Å². The molecule has 0 fully saturated rings. The summed E-state index contributed by atoms with van der Waals surface area (Å²) in [5.41, 5.74) is 0. The van der Waals surface area contributed by atoms with Crippen molar-refractivity contribution in [3.63, 3.8) is 0 Å². The third-order valence-electron chi connectivity index (χ3n) is 1.83. The standard InChI is InChI=1S/C10H16O/c1-5-6-7-10(8(2)3)9(4)11/h8,10H,7H2,1-4H3. The first-order chi connectivity index (χ1) is 5.09. The predicted octanol–water partition coefficient (Wildman–Crippen LogP) is 2.26. The smallest absolute Gasteiger partial charge is 0.134 e. The van der Waals surface area contributed by atoms with Gasteiger partial charge in [0, 0.05) is 12.3 Å². The Balaban J connectivity index is 4.08. The van der Waals surface area contributed by atoms with Crippen LogP contribution in [0.2, 0.25) is 0 Å². The van der Waals surface area contributed by atoms with Crippen LogP contribution in [0.4, 0.5) is 0 Å². The van der Waals surface area contributed by atoms with Crippen LogP contribution in [0.3, 0.4) is 0 Å². The molecule has 62 valence electrons. The fraction of sp³-hybridized carbons (Fsp3) is 0.700. The van der Waals surface area contributed by atoms with Gasteiger partial charge in [0.25, 0.3) is 0 Å². The van der Waals surface area contributed by atoms with E-state index >= 15 is 0 Å². The third kappa shape index (κ3) is 3.83. The molecule has 0 aliphatic heterocycles. The van der Waals surface area contributed by atoms with E-state index in [4.69, 9.17) is 0 Å². The lowest BCUT2D eigenvalue weighted by atomic mass is 9.89. The van der Waals surface area contributed by atoms with E-state index in [2.05, 4.69) is 25.7 Å². The van der Waals surface area contributed by atoms with Crippen LogP contribution in [0, 0.1) is 23.7 Å². The zero-order valence-electron chi connectivity index (χ0n) is 7.77. The lowest BCUT2D eigenvalue weighted by Crippen LogP contribution is -2.16. The Hall–Kier alpha value is -0.770. The summed E-state index contributed by atoms with van der Waals surface area (Å²) in [6.45, 7) is 7.56. The van der Waals surface area contributed by atoms with Gasteiger partial charge < -0.3 is 0 Å². The molecule has 0 spiro atoms. The molecule has 0 aromatic carbocycles. The molecule has 0 heterocycles. The Bertz CT molecular complexity index is 181. The van der Waals surface area contributed by atoms with Gasteiger partial charge in [-0.3, -0.25) is 4.79 Å². The van der Waals surface area contributed by atoms with E-state index < -0.39 is 0 Å². The normalized spacial score (nSPS) is 12.1. The minimum atomic E-state index is 0.127. The summed E-state index contributed by atoms with van der Waals surface area (Å²) >= 11 is 0. The highest BCUT2D eigenvalue weighted by Gasteiger charge is 2.16. The molecule has 1 nitrogen and oxygen atoms in total. The van der Waals surface area contributed by atoms with Crippen LogP contribution < -0.4 is 0 Å². The molecule has 0 aromatic heterocycles. The highest BCUT2D eigenvalue weighted by atomic mass is 16.1. The quantitative estimate of drug-likeness (QED) is 0.567. The van der Waals surface area contributed by atoms with Gasteiger partial charge in [0.2, 0.25) is 0 Å². The number of ketones is 1. The van der Waals surface area contributed by atoms with Crippen molar-refractivity contribution < 1.29 is 4.79 Å². The van der Waals surface area contributed by atoms with Gasteiger partial charge in [0.15, 0.2) is 0 Å². The van der Waals surface area contributed by atoms with Crippen LogP contribution >= 0.6 is 0 Å². The molecule has 0 saturated heterocycles. The van der Waals surface area contributed by atoms with Crippen LogP contribution in [0.5, 0.6) is 0 Å². The van der Waals surface area contributed by atoms with Gasteiger partial charge in [0.05, 0.1) is 0 Å². The number of carbonyl (C=O) groups is 1. The molecule has 0 bridgehead atoms. The van der Waals surface area contributed by atoms with Gasteiger partial charge in [-0.25, -0.2) is 0 Å². The molecule has 1 heteroatoms. The number of Topliss-reactive ketones (excluding diaryl/α,β-unsaturated/α-hetero) is 1. The molecule has 0 radical (unpaired) electrons. The summed E-state index contributed by atoms with van der Waals surface area (Å²) in [4.78, 5) is 11.0. The van der Waals surface area contributed by atoms with E-state index in [1.807, 2.05) is 0 Å². The number of hydrogen-bond acceptors (Lipinski definition) is 1. The maximum absolute atomic E-state index is 11.0. The second kappa shape index (κ2) is 4.96. The zero-order valence-corrected chi connectivity index (χ0v) is 7.77. The monoisotopic (exact) mass is 152 g/mol. The fourth-order valence-corrected chi connectivity index (χ4v) is 1.06. The van der Waals surface area contributed by atoms with E-state index in [0.29, 0.717) is 12.3 Å². The molecule has 1 atom stereocenters. The minimum Gasteiger partial charge on any atom is -0.300 e. The van der Waals surface area contributed by atoms with Crippen molar-refractivity contribution in [1.82, 2.24) is 0 Å². The molecule has 0 amide bonds. The molecule has 1 unspecified atom stereocenters. The van der Waals surface area contributed by atoms with Crippen molar-refractivity contribution >= 4 is 5.78 Å². The van der Waals surface area contributed by atoms with E-state index in [1.54, 1.807) is 13.8 Å². The predicted molar refractivity (Wildman–Crippen MR) is 47.1 cm³/mol. The number of rotatable bonds is 3. The summed E-state index contributed by atoms with van der Waals surface area (Å²) in [5.74, 6) is 6.54. The second-order valence-electron chi connectivity index (χ2n) is 3.09. The Kier molecular flexibility index (Phi) is 4.61. The van der Waals surface area contributed by atoms with Crippen LogP contribution in [0.25, 0.3) is 0 Å². The molecule has 0 aliphatic carbocycles. The SMILES string of the molecule is CC#CCC(C(C)=O)C(C)C. The highest BCUT2D eigenvalue weighted by molar-refractivity contribution is 5.78. The van der Waals surface area contributed by atoms with Gasteiger partial charge in [-0.05, 0) is 19.8 Å². The first-order valence-electron chi connectivity index (χ1n) is 3.99. The van der Waals surface area contributed by atoms with Gasteiger partial charge in [-0.15, -0.1) is 11.8 Å². The zero-order chi connectivity index (χ0) is 8.85. The van der Waals surface area contributed by atoms with Crippen LogP contribution in [-0.4, -0.2) is 5.78 Å². The topological polar surface area (TPSA) is 17.1 Å². The lowest BCUT2D eigenvalue weighted by molar-refractivity contribution is -0.121. The van der Waals surface area contributed by atoms with Gasteiger partial charge in [-0.2, -0.15) is 0 Å². The first-order valence-corrected chi connectivity index (χ1v) is 3.99. The molecule has 0 aromatic rings. The summed E-state index contributed by atoms with van der Waals surface area (Å²) in [5, 5.41) is 0. The molecule has 0 rings (SSSR count). The van der Waals surface area contributed by atoms with E-state index in [9.17, 15) is 4.79 Å². The first kappa shape index (κ1) is 10.2. The summed E-state index contributed by atoms with van der Waals surface area (Å²) < 4.78 is 0. The Labute approximate surface area is 69.2 Å². The van der Waals surface area contributed by atoms with E-state index in [0.717, 1.165) is 0 Å².